The zero-order valence-corrected chi connectivity index (χ0v) is 10.0. The normalized spacial score (nSPS) is 26.2. The summed E-state index contributed by atoms with van der Waals surface area (Å²) in [5.41, 5.74) is 6.10. The molecule has 0 spiro atoms. The van der Waals surface area contributed by atoms with Crippen LogP contribution in [0.15, 0.2) is 0 Å². The Bertz CT molecular complexity index is 181. The second-order valence-corrected chi connectivity index (χ2v) is 4.75. The highest BCUT2D eigenvalue weighted by Gasteiger charge is 2.30. The van der Waals surface area contributed by atoms with Crippen molar-refractivity contribution in [1.29, 1.82) is 0 Å². The van der Waals surface area contributed by atoms with Crippen molar-refractivity contribution >= 4 is 0 Å². The van der Waals surface area contributed by atoms with Crippen molar-refractivity contribution in [3.8, 4) is 0 Å². The molecule has 0 aromatic heterocycles. The first-order chi connectivity index (χ1) is 7.07. The van der Waals surface area contributed by atoms with Gasteiger partial charge in [0.05, 0.1) is 13.2 Å². The number of rotatable bonds is 5. The fraction of sp³-hybridized carbons (Fsp3) is 1.00. The topological polar surface area (TPSA) is 58.7 Å². The van der Waals surface area contributed by atoms with Crippen molar-refractivity contribution in [2.75, 3.05) is 26.9 Å². The van der Waals surface area contributed by atoms with Gasteiger partial charge in [0.25, 0.3) is 0 Å². The van der Waals surface area contributed by atoms with Crippen molar-refractivity contribution in [3.63, 3.8) is 0 Å². The lowest BCUT2D eigenvalue weighted by Gasteiger charge is -2.36. The molecule has 3 unspecified atom stereocenters. The van der Waals surface area contributed by atoms with Crippen LogP contribution in [0.25, 0.3) is 0 Å². The van der Waals surface area contributed by atoms with Crippen LogP contribution in [0.1, 0.15) is 20.3 Å². The summed E-state index contributed by atoms with van der Waals surface area (Å²) < 4.78 is 5.35. The fourth-order valence-corrected chi connectivity index (χ4v) is 2.08. The predicted molar refractivity (Wildman–Crippen MR) is 60.7 cm³/mol. The largest absolute Gasteiger partial charge is 0.395 e. The molecule has 0 aliphatic carbocycles. The molecule has 90 valence electrons. The van der Waals surface area contributed by atoms with Gasteiger partial charge < -0.3 is 15.6 Å². The summed E-state index contributed by atoms with van der Waals surface area (Å²) in [6, 6.07) is 0.462. The van der Waals surface area contributed by atoms with E-state index < -0.39 is 0 Å². The molecular formula is C11H24N2O2. The van der Waals surface area contributed by atoms with Gasteiger partial charge in [-0.05, 0) is 19.4 Å². The van der Waals surface area contributed by atoms with E-state index in [0.29, 0.717) is 12.0 Å². The zero-order chi connectivity index (χ0) is 11.4. The van der Waals surface area contributed by atoms with Crippen LogP contribution in [0.3, 0.4) is 0 Å². The molecule has 1 rings (SSSR count). The number of likely N-dealkylation sites (N-methyl/N-ethyl adjacent to an activating group) is 1. The molecule has 15 heavy (non-hydrogen) atoms. The standard InChI is InChI=1S/C11H24N2O2/c1-8(2)11(12)10(6-14)13(3)9-4-5-15-7-9/h8-11,14H,4-7,12H2,1-3H3. The Hall–Kier alpha value is -0.160. The Labute approximate surface area is 92.4 Å². The lowest BCUT2D eigenvalue weighted by molar-refractivity contribution is 0.0708. The highest BCUT2D eigenvalue weighted by Crippen LogP contribution is 2.17. The monoisotopic (exact) mass is 216 g/mol. The van der Waals surface area contributed by atoms with E-state index in [1.807, 2.05) is 7.05 Å². The smallest absolute Gasteiger partial charge is 0.0622 e. The first-order valence-electron chi connectivity index (χ1n) is 5.74. The third kappa shape index (κ3) is 3.14. The van der Waals surface area contributed by atoms with E-state index in [0.717, 1.165) is 19.6 Å². The van der Waals surface area contributed by atoms with E-state index in [1.54, 1.807) is 0 Å². The van der Waals surface area contributed by atoms with Gasteiger partial charge in [-0.3, -0.25) is 4.90 Å². The minimum atomic E-state index is 0.0144. The lowest BCUT2D eigenvalue weighted by atomic mass is 9.96. The average Bonchev–Trinajstić information content (AvgIpc) is 2.71. The van der Waals surface area contributed by atoms with E-state index in [2.05, 4.69) is 18.7 Å². The van der Waals surface area contributed by atoms with Gasteiger partial charge >= 0.3 is 0 Å². The van der Waals surface area contributed by atoms with Gasteiger partial charge in [0.2, 0.25) is 0 Å². The van der Waals surface area contributed by atoms with Crippen molar-refractivity contribution in [2.24, 2.45) is 11.7 Å². The molecule has 1 fully saturated rings. The maximum absolute atomic E-state index is 9.41. The number of aliphatic hydroxyl groups is 1. The SMILES string of the molecule is CC(C)C(N)C(CO)N(C)C1CCOC1. The van der Waals surface area contributed by atoms with Crippen LogP contribution >= 0.6 is 0 Å². The molecule has 1 aliphatic heterocycles. The number of ether oxygens (including phenoxy) is 1. The molecule has 0 bridgehead atoms. The summed E-state index contributed by atoms with van der Waals surface area (Å²) in [4.78, 5) is 2.18. The Morgan fingerprint density at radius 1 is 1.53 bits per heavy atom. The Morgan fingerprint density at radius 2 is 2.20 bits per heavy atom. The van der Waals surface area contributed by atoms with Gasteiger partial charge in [0, 0.05) is 24.7 Å². The molecule has 4 nitrogen and oxygen atoms in total. The second kappa shape index (κ2) is 5.80. The Morgan fingerprint density at radius 3 is 2.60 bits per heavy atom. The molecular weight excluding hydrogens is 192 g/mol. The summed E-state index contributed by atoms with van der Waals surface area (Å²) in [7, 11) is 2.03. The molecule has 1 aliphatic rings. The van der Waals surface area contributed by atoms with Crippen molar-refractivity contribution in [3.05, 3.63) is 0 Å². The van der Waals surface area contributed by atoms with Gasteiger partial charge in [-0.25, -0.2) is 0 Å². The van der Waals surface area contributed by atoms with Crippen LogP contribution < -0.4 is 5.73 Å². The van der Waals surface area contributed by atoms with Crippen LogP contribution in [0.5, 0.6) is 0 Å². The number of nitrogens with zero attached hydrogens (tertiary/aromatic N) is 1. The van der Waals surface area contributed by atoms with Gasteiger partial charge in [0.15, 0.2) is 0 Å². The molecule has 3 atom stereocenters. The quantitative estimate of drug-likeness (QED) is 0.682. The first-order valence-corrected chi connectivity index (χ1v) is 5.74. The van der Waals surface area contributed by atoms with E-state index in [-0.39, 0.29) is 18.7 Å². The number of nitrogens with two attached hydrogens (primary N) is 1. The van der Waals surface area contributed by atoms with E-state index in [1.165, 1.54) is 0 Å². The summed E-state index contributed by atoms with van der Waals surface area (Å²) in [5.74, 6) is 0.381. The summed E-state index contributed by atoms with van der Waals surface area (Å²) in [6.07, 6.45) is 1.04. The average molecular weight is 216 g/mol. The van der Waals surface area contributed by atoms with Gasteiger partial charge in [-0.1, -0.05) is 13.8 Å². The van der Waals surface area contributed by atoms with Crippen molar-refractivity contribution < 1.29 is 9.84 Å². The van der Waals surface area contributed by atoms with Crippen LogP contribution in [0.2, 0.25) is 0 Å². The van der Waals surface area contributed by atoms with Gasteiger partial charge in [-0.2, -0.15) is 0 Å². The molecule has 1 heterocycles. The van der Waals surface area contributed by atoms with Crippen LogP contribution in [-0.2, 0) is 4.74 Å². The summed E-state index contributed by atoms with van der Waals surface area (Å²) in [5, 5.41) is 9.41. The number of hydrogen-bond acceptors (Lipinski definition) is 4. The Balaban J connectivity index is 2.56. The second-order valence-electron chi connectivity index (χ2n) is 4.75. The predicted octanol–water partition coefficient (Wildman–Crippen LogP) is 0.0513. The van der Waals surface area contributed by atoms with Crippen molar-refractivity contribution in [1.82, 2.24) is 4.90 Å². The molecule has 3 N–H and O–H groups in total. The maximum atomic E-state index is 9.41. The van der Waals surface area contributed by atoms with E-state index in [4.69, 9.17) is 10.5 Å². The molecule has 0 aromatic rings. The summed E-state index contributed by atoms with van der Waals surface area (Å²) >= 11 is 0. The lowest BCUT2D eigenvalue weighted by Crippen LogP contribution is -2.54. The molecule has 0 saturated carbocycles. The zero-order valence-electron chi connectivity index (χ0n) is 10.0. The number of aliphatic hydroxyl groups excluding tert-OH is 1. The maximum Gasteiger partial charge on any atom is 0.0622 e. The third-order valence-electron chi connectivity index (χ3n) is 3.41. The molecule has 0 radical (unpaired) electrons. The molecule has 0 amide bonds. The minimum absolute atomic E-state index is 0.0144. The first kappa shape index (κ1) is 12.9. The van der Waals surface area contributed by atoms with Crippen molar-refractivity contribution in [2.45, 2.75) is 38.4 Å². The fourth-order valence-electron chi connectivity index (χ4n) is 2.08. The Kier molecular flexibility index (Phi) is 4.99. The third-order valence-corrected chi connectivity index (χ3v) is 3.41. The minimum Gasteiger partial charge on any atom is -0.395 e. The molecule has 4 heteroatoms. The van der Waals surface area contributed by atoms with Gasteiger partial charge in [-0.15, -0.1) is 0 Å². The van der Waals surface area contributed by atoms with Crippen LogP contribution in [-0.4, -0.2) is 55.0 Å². The number of hydrogen-bond donors (Lipinski definition) is 2. The van der Waals surface area contributed by atoms with Crippen LogP contribution in [0.4, 0.5) is 0 Å². The molecule has 0 aromatic carbocycles. The summed E-state index contributed by atoms with van der Waals surface area (Å²) in [6.45, 7) is 5.88. The van der Waals surface area contributed by atoms with E-state index in [9.17, 15) is 5.11 Å². The van der Waals surface area contributed by atoms with Crippen LogP contribution in [0, 0.1) is 5.92 Å². The highest BCUT2D eigenvalue weighted by atomic mass is 16.5. The van der Waals surface area contributed by atoms with E-state index >= 15 is 0 Å². The highest BCUT2D eigenvalue weighted by molar-refractivity contribution is 4.87. The molecule has 1 saturated heterocycles. The van der Waals surface area contributed by atoms with Gasteiger partial charge in [0.1, 0.15) is 0 Å².